The normalized spacial score (nSPS) is 15.3. The number of hydrogen-bond acceptors (Lipinski definition) is 6. The number of rotatable bonds is 6. The highest BCUT2D eigenvalue weighted by molar-refractivity contribution is 5.93. The number of carbonyl (C=O) groups is 1. The molecule has 0 aromatic heterocycles. The Labute approximate surface area is 173 Å². The Bertz CT molecular complexity index is 949. The van der Waals surface area contributed by atoms with Gasteiger partial charge in [0, 0.05) is 0 Å². The van der Waals surface area contributed by atoms with Crippen molar-refractivity contribution in [1.29, 1.82) is 0 Å². The van der Waals surface area contributed by atoms with E-state index in [9.17, 15) is 26.7 Å². The third-order valence-corrected chi connectivity index (χ3v) is 3.64. The number of benzene rings is 2. The second-order valence-corrected chi connectivity index (χ2v) is 5.65. The third kappa shape index (κ3) is 6.28. The molecule has 0 radical (unpaired) electrons. The lowest BCUT2D eigenvalue weighted by Crippen LogP contribution is -2.19. The van der Waals surface area contributed by atoms with Gasteiger partial charge in [-0.05, 0) is 29.8 Å². The van der Waals surface area contributed by atoms with E-state index < -0.39 is 47.1 Å². The second kappa shape index (κ2) is 10.1. The average Bonchev–Trinajstić information content (AvgIpc) is 3.17. The van der Waals surface area contributed by atoms with E-state index in [0.29, 0.717) is 5.56 Å². The third-order valence-electron chi connectivity index (χ3n) is 3.64. The average molecular weight is 447 g/mol. The molecule has 0 saturated heterocycles. The molecule has 0 spiro atoms. The van der Waals surface area contributed by atoms with Crippen LogP contribution in [0.3, 0.4) is 0 Å². The predicted molar refractivity (Wildman–Crippen MR) is 99.2 cm³/mol. The van der Waals surface area contributed by atoms with Crippen molar-refractivity contribution in [2.45, 2.75) is 26.4 Å². The van der Waals surface area contributed by atoms with Gasteiger partial charge in [0.25, 0.3) is 5.91 Å². The van der Waals surface area contributed by atoms with Gasteiger partial charge >= 0.3 is 6.36 Å². The SMILES string of the molecule is CC.NC(=O)c1c(F)ccc(OCC2=NC(c3ccc(OC(F)(F)F)cc3)NO2)c1F. The number of nitrogens with two attached hydrogens (primary N) is 1. The van der Waals surface area contributed by atoms with Gasteiger partial charge in [-0.1, -0.05) is 26.0 Å². The highest BCUT2D eigenvalue weighted by Gasteiger charge is 2.31. The van der Waals surface area contributed by atoms with Gasteiger partial charge in [-0.15, -0.1) is 18.7 Å². The summed E-state index contributed by atoms with van der Waals surface area (Å²) >= 11 is 0. The molecular weight excluding hydrogens is 429 g/mol. The fraction of sp³-hybridized carbons (Fsp3) is 0.263. The molecule has 1 aliphatic heterocycles. The van der Waals surface area contributed by atoms with Crippen LogP contribution in [0.5, 0.6) is 11.5 Å². The summed E-state index contributed by atoms with van der Waals surface area (Å²) in [7, 11) is 0. The summed E-state index contributed by atoms with van der Waals surface area (Å²) in [4.78, 5) is 20.3. The summed E-state index contributed by atoms with van der Waals surface area (Å²) in [6.07, 6.45) is -5.56. The largest absolute Gasteiger partial charge is 0.573 e. The van der Waals surface area contributed by atoms with Gasteiger partial charge in [0.1, 0.15) is 17.1 Å². The number of amides is 1. The lowest BCUT2D eigenvalue weighted by Gasteiger charge is -2.10. The Kier molecular flexibility index (Phi) is 7.75. The van der Waals surface area contributed by atoms with Crippen molar-refractivity contribution in [3.05, 3.63) is 59.2 Å². The summed E-state index contributed by atoms with van der Waals surface area (Å²) in [6.45, 7) is 3.62. The van der Waals surface area contributed by atoms with Crippen molar-refractivity contribution in [3.63, 3.8) is 0 Å². The first-order valence-electron chi connectivity index (χ1n) is 8.89. The van der Waals surface area contributed by atoms with Gasteiger partial charge in [-0.25, -0.2) is 13.8 Å². The number of primary amides is 1. The molecule has 1 amide bonds. The number of ether oxygens (including phenoxy) is 2. The highest BCUT2D eigenvalue weighted by atomic mass is 19.4. The van der Waals surface area contributed by atoms with Gasteiger partial charge < -0.3 is 20.0 Å². The molecule has 0 bridgehead atoms. The summed E-state index contributed by atoms with van der Waals surface area (Å²) in [6, 6.07) is 6.68. The first kappa shape index (κ1) is 23.9. The van der Waals surface area contributed by atoms with Crippen LogP contribution in [-0.2, 0) is 4.84 Å². The van der Waals surface area contributed by atoms with Gasteiger partial charge in [0.2, 0.25) is 5.90 Å². The minimum atomic E-state index is -4.80. The van der Waals surface area contributed by atoms with E-state index in [1.54, 1.807) is 0 Å². The van der Waals surface area contributed by atoms with Gasteiger partial charge in [0.15, 0.2) is 24.3 Å². The first-order chi connectivity index (χ1) is 14.6. The van der Waals surface area contributed by atoms with Crippen molar-refractivity contribution >= 4 is 11.8 Å². The van der Waals surface area contributed by atoms with Crippen molar-refractivity contribution in [1.82, 2.24) is 5.48 Å². The number of hydrogen-bond donors (Lipinski definition) is 2. The van der Waals surface area contributed by atoms with Crippen LogP contribution in [0.25, 0.3) is 0 Å². The van der Waals surface area contributed by atoms with Crippen LogP contribution in [0.1, 0.15) is 35.9 Å². The Morgan fingerprint density at radius 1 is 1.16 bits per heavy atom. The van der Waals surface area contributed by atoms with Crippen LogP contribution in [0.4, 0.5) is 22.0 Å². The molecule has 1 heterocycles. The number of nitrogens with zero attached hydrogens (tertiary/aromatic N) is 1. The number of halogens is 5. The van der Waals surface area contributed by atoms with Crippen LogP contribution < -0.4 is 20.7 Å². The lowest BCUT2D eigenvalue weighted by atomic mass is 10.1. The van der Waals surface area contributed by atoms with Crippen LogP contribution in [0, 0.1) is 11.6 Å². The van der Waals surface area contributed by atoms with E-state index in [1.807, 2.05) is 13.8 Å². The second-order valence-electron chi connectivity index (χ2n) is 5.65. The Morgan fingerprint density at radius 3 is 2.39 bits per heavy atom. The molecule has 2 aromatic rings. The number of alkyl halides is 3. The number of aliphatic imine (C=N–C) groups is 1. The van der Waals surface area contributed by atoms with Crippen molar-refractivity contribution in [2.75, 3.05) is 6.61 Å². The zero-order valence-electron chi connectivity index (χ0n) is 16.3. The maximum absolute atomic E-state index is 14.1. The predicted octanol–water partition coefficient (Wildman–Crippen LogP) is 4.00. The van der Waals surface area contributed by atoms with Crippen LogP contribution in [-0.4, -0.2) is 24.8 Å². The quantitative estimate of drug-likeness (QED) is 0.653. The molecule has 2 aromatic carbocycles. The molecule has 1 aliphatic rings. The van der Waals surface area contributed by atoms with E-state index >= 15 is 0 Å². The van der Waals surface area contributed by atoms with Gasteiger partial charge in [-0.2, -0.15) is 0 Å². The van der Waals surface area contributed by atoms with Crippen LogP contribution in [0.2, 0.25) is 0 Å². The smallest absolute Gasteiger partial charge is 0.481 e. The Morgan fingerprint density at radius 2 is 1.81 bits per heavy atom. The van der Waals surface area contributed by atoms with Crippen LogP contribution >= 0.6 is 0 Å². The molecule has 0 aliphatic carbocycles. The summed E-state index contributed by atoms with van der Waals surface area (Å²) in [5.41, 5.74) is 6.95. The van der Waals surface area contributed by atoms with E-state index in [4.69, 9.17) is 15.3 Å². The number of nitrogens with one attached hydrogen (secondary N) is 1. The summed E-state index contributed by atoms with van der Waals surface area (Å²) in [5.74, 6) is -4.54. The highest BCUT2D eigenvalue weighted by Crippen LogP contribution is 2.27. The van der Waals surface area contributed by atoms with Gasteiger partial charge in [-0.3, -0.25) is 4.79 Å². The molecule has 0 fully saturated rings. The van der Waals surface area contributed by atoms with Crippen LogP contribution in [0.15, 0.2) is 41.4 Å². The van der Waals surface area contributed by atoms with E-state index in [1.165, 1.54) is 12.1 Å². The van der Waals surface area contributed by atoms with Gasteiger partial charge in [0.05, 0.1) is 0 Å². The zero-order chi connectivity index (χ0) is 23.2. The molecule has 12 heteroatoms. The molecule has 3 N–H and O–H groups in total. The lowest BCUT2D eigenvalue weighted by molar-refractivity contribution is -0.274. The molecule has 168 valence electrons. The minimum absolute atomic E-state index is 0.0185. The molecule has 1 unspecified atom stereocenters. The Balaban J connectivity index is 0.00000166. The molecule has 31 heavy (non-hydrogen) atoms. The first-order valence-corrected chi connectivity index (χ1v) is 8.89. The molecule has 0 saturated carbocycles. The van der Waals surface area contributed by atoms with E-state index in [-0.39, 0.29) is 12.5 Å². The summed E-state index contributed by atoms with van der Waals surface area (Å²) < 4.78 is 73.0. The fourth-order valence-corrected chi connectivity index (χ4v) is 2.39. The Hall–Kier alpha value is -3.41. The van der Waals surface area contributed by atoms with Crippen molar-refractivity contribution in [3.8, 4) is 11.5 Å². The fourth-order valence-electron chi connectivity index (χ4n) is 2.39. The molecular formula is C19H18F5N3O4. The van der Waals surface area contributed by atoms with Crippen molar-refractivity contribution < 1.29 is 41.1 Å². The maximum Gasteiger partial charge on any atom is 0.573 e. The topological polar surface area (TPSA) is 95.2 Å². The molecule has 7 nitrogen and oxygen atoms in total. The molecule has 3 rings (SSSR count). The minimum Gasteiger partial charge on any atom is -0.481 e. The number of hydroxylamine groups is 1. The monoisotopic (exact) mass is 447 g/mol. The zero-order valence-corrected chi connectivity index (χ0v) is 16.3. The summed E-state index contributed by atoms with van der Waals surface area (Å²) in [5, 5.41) is 0. The number of carbonyl (C=O) groups excluding carboxylic acids is 1. The van der Waals surface area contributed by atoms with Crippen molar-refractivity contribution in [2.24, 2.45) is 10.7 Å². The molecule has 1 atom stereocenters. The standard InChI is InChI=1S/C17H12F5N3O4.C2H6/c18-10-5-6-11(14(19)13(10)15(23)26)27-7-12-24-16(25-29-12)8-1-3-9(4-2-8)28-17(20,21)22;1-2/h1-6,16,25H,7H2,(H2,23,26);1-2H3. The van der Waals surface area contributed by atoms with E-state index in [2.05, 4.69) is 15.2 Å². The van der Waals surface area contributed by atoms with E-state index in [0.717, 1.165) is 24.3 Å². The maximum atomic E-state index is 14.1.